The summed E-state index contributed by atoms with van der Waals surface area (Å²) >= 11 is 0. The molecule has 348 valence electrons. The lowest BCUT2D eigenvalue weighted by atomic mass is 10.1. The largest absolute Gasteiger partial charge is 0.462 e. The maximum absolute atomic E-state index is 12.8. The van der Waals surface area contributed by atoms with Gasteiger partial charge in [-0.15, -0.1) is 0 Å². The number of carbonyl (C=O) groups excluding carboxylic acids is 3. The summed E-state index contributed by atoms with van der Waals surface area (Å²) in [6.45, 7) is 6.56. The maximum Gasteiger partial charge on any atom is 0.306 e. The molecule has 1 unspecified atom stereocenters. The predicted octanol–water partition coefficient (Wildman–Crippen LogP) is 16.7. The van der Waals surface area contributed by atoms with E-state index in [1.165, 1.54) is 122 Å². The van der Waals surface area contributed by atoms with Crippen molar-refractivity contribution < 1.29 is 28.6 Å². The molecule has 0 aliphatic carbocycles. The van der Waals surface area contributed by atoms with Crippen molar-refractivity contribution in [3.05, 3.63) is 48.6 Å². The summed E-state index contributed by atoms with van der Waals surface area (Å²) in [6, 6.07) is 0. The molecule has 0 aromatic carbocycles. The summed E-state index contributed by atoms with van der Waals surface area (Å²) < 4.78 is 16.7. The van der Waals surface area contributed by atoms with Gasteiger partial charge in [0.15, 0.2) is 6.10 Å². The fourth-order valence-electron chi connectivity index (χ4n) is 7.13. The standard InChI is InChI=1S/C54H96O6/c1-4-7-10-13-16-19-22-25-26-27-28-29-30-33-35-38-41-44-47-53(56)59-50-51(60-54(57)48-45-42-39-36-32-24-21-18-15-12-9-6-3)49-58-52(55)46-43-40-37-34-31-23-20-17-14-11-8-5-2/h17-18,20-21,26-29,51H,4-16,19,22-25,30-50H2,1-3H3/b20-17-,21-18-,27-26-,29-28-. The number of hydrogen-bond acceptors (Lipinski definition) is 6. The molecule has 0 N–H and O–H groups in total. The molecule has 0 heterocycles. The van der Waals surface area contributed by atoms with Crippen LogP contribution >= 0.6 is 0 Å². The Morgan fingerprint density at radius 2 is 0.600 bits per heavy atom. The molecule has 6 heteroatoms. The van der Waals surface area contributed by atoms with Crippen LogP contribution in [0.1, 0.15) is 258 Å². The lowest BCUT2D eigenvalue weighted by Gasteiger charge is -2.18. The highest BCUT2D eigenvalue weighted by molar-refractivity contribution is 5.71. The molecule has 0 aliphatic heterocycles. The Morgan fingerprint density at radius 1 is 0.333 bits per heavy atom. The molecule has 0 radical (unpaired) electrons. The number of hydrogen-bond donors (Lipinski definition) is 0. The van der Waals surface area contributed by atoms with Crippen molar-refractivity contribution >= 4 is 17.9 Å². The Balaban J connectivity index is 4.38. The summed E-state index contributed by atoms with van der Waals surface area (Å²) in [4.78, 5) is 37.9. The molecular formula is C54H96O6. The van der Waals surface area contributed by atoms with Crippen LogP contribution in [0.5, 0.6) is 0 Å². The summed E-state index contributed by atoms with van der Waals surface area (Å²) in [7, 11) is 0. The zero-order valence-corrected chi connectivity index (χ0v) is 39.7. The van der Waals surface area contributed by atoms with Gasteiger partial charge < -0.3 is 14.2 Å². The van der Waals surface area contributed by atoms with Gasteiger partial charge in [-0.1, -0.05) is 191 Å². The molecular weight excluding hydrogens is 745 g/mol. The third-order valence-corrected chi connectivity index (χ3v) is 11.1. The second-order valence-corrected chi connectivity index (χ2v) is 17.1. The molecule has 0 bridgehead atoms. The zero-order valence-electron chi connectivity index (χ0n) is 39.7. The van der Waals surface area contributed by atoms with Crippen LogP contribution in [0.4, 0.5) is 0 Å². The van der Waals surface area contributed by atoms with Gasteiger partial charge in [0, 0.05) is 19.3 Å². The van der Waals surface area contributed by atoms with Crippen molar-refractivity contribution in [3.8, 4) is 0 Å². The van der Waals surface area contributed by atoms with Gasteiger partial charge in [0.25, 0.3) is 0 Å². The monoisotopic (exact) mass is 841 g/mol. The minimum Gasteiger partial charge on any atom is -0.462 e. The Morgan fingerprint density at radius 3 is 0.967 bits per heavy atom. The van der Waals surface area contributed by atoms with Gasteiger partial charge in [-0.25, -0.2) is 0 Å². The summed E-state index contributed by atoms with van der Waals surface area (Å²) in [5.74, 6) is -0.914. The van der Waals surface area contributed by atoms with E-state index in [0.29, 0.717) is 19.3 Å². The molecule has 60 heavy (non-hydrogen) atoms. The summed E-state index contributed by atoms with van der Waals surface area (Å²) in [5, 5.41) is 0. The highest BCUT2D eigenvalue weighted by Crippen LogP contribution is 2.14. The fraction of sp³-hybridized carbons (Fsp3) is 0.796. The van der Waals surface area contributed by atoms with Crippen molar-refractivity contribution in [2.75, 3.05) is 13.2 Å². The first-order valence-corrected chi connectivity index (χ1v) is 25.7. The average Bonchev–Trinajstić information content (AvgIpc) is 3.24. The molecule has 0 spiro atoms. The van der Waals surface area contributed by atoms with Gasteiger partial charge in [-0.05, 0) is 96.3 Å². The van der Waals surface area contributed by atoms with Crippen LogP contribution in [0, 0.1) is 0 Å². The van der Waals surface area contributed by atoms with Gasteiger partial charge in [-0.2, -0.15) is 0 Å². The lowest BCUT2D eigenvalue weighted by Crippen LogP contribution is -2.30. The number of unbranched alkanes of at least 4 members (excludes halogenated alkanes) is 28. The van der Waals surface area contributed by atoms with Crippen LogP contribution in [-0.4, -0.2) is 37.2 Å². The van der Waals surface area contributed by atoms with E-state index >= 15 is 0 Å². The molecule has 6 nitrogen and oxygen atoms in total. The smallest absolute Gasteiger partial charge is 0.306 e. The van der Waals surface area contributed by atoms with Crippen LogP contribution in [0.2, 0.25) is 0 Å². The SMILES string of the molecule is CCCCC/C=C\CCCCCCCC(=O)OCC(COC(=O)CCCCCCC/C=C\C=C/CCCCCCCCC)OC(=O)CCCCCCC/C=C\CCCCC. The number of esters is 3. The number of ether oxygens (including phenoxy) is 3. The van der Waals surface area contributed by atoms with E-state index in [1.54, 1.807) is 0 Å². The first-order valence-electron chi connectivity index (χ1n) is 25.7. The van der Waals surface area contributed by atoms with Crippen molar-refractivity contribution in [2.45, 2.75) is 264 Å². The molecule has 0 aromatic heterocycles. The second kappa shape index (κ2) is 49.0. The molecule has 0 amide bonds. The molecule has 0 fully saturated rings. The van der Waals surface area contributed by atoms with E-state index in [0.717, 1.165) is 96.3 Å². The Kier molecular flexibility index (Phi) is 46.9. The summed E-state index contributed by atoms with van der Waals surface area (Å²) in [6.07, 6.45) is 58.0. The lowest BCUT2D eigenvalue weighted by molar-refractivity contribution is -0.167. The first kappa shape index (κ1) is 57.4. The minimum atomic E-state index is -0.784. The van der Waals surface area contributed by atoms with E-state index in [-0.39, 0.29) is 31.1 Å². The number of allylic oxidation sites excluding steroid dienone is 8. The molecule has 0 saturated heterocycles. The Hall–Kier alpha value is -2.63. The van der Waals surface area contributed by atoms with Crippen LogP contribution in [0.3, 0.4) is 0 Å². The highest BCUT2D eigenvalue weighted by atomic mass is 16.6. The minimum absolute atomic E-state index is 0.0855. The summed E-state index contributed by atoms with van der Waals surface area (Å²) in [5.41, 5.74) is 0. The molecule has 0 saturated carbocycles. The normalized spacial score (nSPS) is 12.4. The van der Waals surface area contributed by atoms with E-state index in [1.807, 2.05) is 0 Å². The van der Waals surface area contributed by atoms with Crippen molar-refractivity contribution in [1.82, 2.24) is 0 Å². The molecule has 0 aliphatic rings. The van der Waals surface area contributed by atoms with Gasteiger partial charge in [0.05, 0.1) is 0 Å². The van der Waals surface area contributed by atoms with Crippen LogP contribution in [0.25, 0.3) is 0 Å². The van der Waals surface area contributed by atoms with Crippen molar-refractivity contribution in [3.63, 3.8) is 0 Å². The number of rotatable bonds is 46. The fourth-order valence-corrected chi connectivity index (χ4v) is 7.13. The number of carbonyl (C=O) groups is 3. The Labute approximate surface area is 371 Å². The van der Waals surface area contributed by atoms with Crippen LogP contribution in [0.15, 0.2) is 48.6 Å². The average molecular weight is 841 g/mol. The predicted molar refractivity (Wildman–Crippen MR) is 256 cm³/mol. The first-order chi connectivity index (χ1) is 29.5. The molecule has 0 rings (SSSR count). The van der Waals surface area contributed by atoms with Crippen LogP contribution in [-0.2, 0) is 28.6 Å². The Bertz CT molecular complexity index is 1060. The molecule has 0 aromatic rings. The highest BCUT2D eigenvalue weighted by Gasteiger charge is 2.19. The van der Waals surface area contributed by atoms with Crippen LogP contribution < -0.4 is 0 Å². The van der Waals surface area contributed by atoms with E-state index in [4.69, 9.17) is 14.2 Å². The quantitative estimate of drug-likeness (QED) is 0.0200. The topological polar surface area (TPSA) is 78.9 Å². The molecule has 1 atom stereocenters. The maximum atomic E-state index is 12.8. The van der Waals surface area contributed by atoms with Gasteiger partial charge in [0.1, 0.15) is 13.2 Å². The second-order valence-electron chi connectivity index (χ2n) is 17.1. The van der Waals surface area contributed by atoms with Gasteiger partial charge in [0.2, 0.25) is 0 Å². The van der Waals surface area contributed by atoms with E-state index < -0.39 is 6.10 Å². The van der Waals surface area contributed by atoms with Gasteiger partial charge in [-0.3, -0.25) is 14.4 Å². The third kappa shape index (κ3) is 46.4. The van der Waals surface area contributed by atoms with E-state index in [9.17, 15) is 14.4 Å². The van der Waals surface area contributed by atoms with E-state index in [2.05, 4.69) is 69.4 Å². The third-order valence-electron chi connectivity index (χ3n) is 11.1. The van der Waals surface area contributed by atoms with Crippen molar-refractivity contribution in [2.24, 2.45) is 0 Å². The zero-order chi connectivity index (χ0) is 43.7. The van der Waals surface area contributed by atoms with Gasteiger partial charge >= 0.3 is 17.9 Å². The van der Waals surface area contributed by atoms with Crippen molar-refractivity contribution in [1.29, 1.82) is 0 Å².